The number of fused-ring (bicyclic) bond motifs is 1. The third-order valence-corrected chi connectivity index (χ3v) is 3.98. The molecule has 0 saturated carbocycles. The second-order valence-electron chi connectivity index (χ2n) is 5.25. The van der Waals surface area contributed by atoms with Crippen molar-refractivity contribution in [1.82, 2.24) is 29.7 Å². The fourth-order valence-corrected chi connectivity index (χ4v) is 2.94. The van der Waals surface area contributed by atoms with E-state index in [1.807, 2.05) is 22.9 Å². The molecule has 0 radical (unpaired) electrons. The van der Waals surface area contributed by atoms with Gasteiger partial charge in [-0.2, -0.15) is 0 Å². The zero-order valence-corrected chi connectivity index (χ0v) is 11.6. The Kier molecular flexibility index (Phi) is 3.08. The summed E-state index contributed by atoms with van der Waals surface area (Å²) in [5.41, 5.74) is 2.95. The maximum absolute atomic E-state index is 4.61. The zero-order valence-electron chi connectivity index (χ0n) is 11.6. The quantitative estimate of drug-likeness (QED) is 0.773. The van der Waals surface area contributed by atoms with E-state index >= 15 is 0 Å². The zero-order chi connectivity index (χ0) is 14.1. The van der Waals surface area contributed by atoms with E-state index in [1.165, 1.54) is 0 Å². The summed E-state index contributed by atoms with van der Waals surface area (Å²) in [7, 11) is 0. The van der Waals surface area contributed by atoms with Crippen molar-refractivity contribution >= 4 is 5.78 Å². The fraction of sp³-hybridized carbons (Fsp3) is 0.333. The number of hydrogen-bond donors (Lipinski definition) is 1. The number of rotatable bonds is 2. The van der Waals surface area contributed by atoms with E-state index in [4.69, 9.17) is 0 Å². The van der Waals surface area contributed by atoms with Crippen LogP contribution in [0.25, 0.3) is 17.2 Å². The van der Waals surface area contributed by atoms with Crippen molar-refractivity contribution in [3.63, 3.8) is 0 Å². The molecule has 3 aromatic heterocycles. The summed E-state index contributed by atoms with van der Waals surface area (Å²) in [6.45, 7) is 2.07. The normalized spacial score (nSPS) is 16.4. The molecule has 0 aromatic carbocycles. The minimum Gasteiger partial charge on any atom is -0.317 e. The topological polar surface area (TPSA) is 68.0 Å². The Labute approximate surface area is 122 Å². The minimum absolute atomic E-state index is 0.456. The predicted molar refractivity (Wildman–Crippen MR) is 78.9 cm³/mol. The van der Waals surface area contributed by atoms with Crippen LogP contribution in [0.5, 0.6) is 0 Å². The third-order valence-electron chi connectivity index (χ3n) is 3.98. The lowest BCUT2D eigenvalue weighted by atomic mass is 9.92. The first-order chi connectivity index (χ1) is 10.4. The van der Waals surface area contributed by atoms with Gasteiger partial charge < -0.3 is 5.32 Å². The number of nitrogens with zero attached hydrogens (tertiary/aromatic N) is 5. The van der Waals surface area contributed by atoms with Crippen molar-refractivity contribution < 1.29 is 0 Å². The van der Waals surface area contributed by atoms with Crippen LogP contribution in [-0.4, -0.2) is 37.4 Å². The lowest BCUT2D eigenvalue weighted by molar-refractivity contribution is 0.453. The number of aromatic nitrogens is 5. The Bertz CT molecular complexity index is 759. The maximum atomic E-state index is 4.61. The molecular formula is C15H16N6. The van der Waals surface area contributed by atoms with Gasteiger partial charge in [-0.25, -0.2) is 9.97 Å². The van der Waals surface area contributed by atoms with E-state index in [0.717, 1.165) is 43.0 Å². The average Bonchev–Trinajstić information content (AvgIpc) is 3.00. The monoisotopic (exact) mass is 280 g/mol. The van der Waals surface area contributed by atoms with Crippen molar-refractivity contribution in [2.75, 3.05) is 13.1 Å². The van der Waals surface area contributed by atoms with Gasteiger partial charge in [-0.15, -0.1) is 0 Å². The third kappa shape index (κ3) is 2.17. The van der Waals surface area contributed by atoms with Crippen molar-refractivity contribution in [3.05, 3.63) is 42.7 Å². The molecule has 4 rings (SSSR count). The van der Waals surface area contributed by atoms with Crippen LogP contribution in [0.4, 0.5) is 0 Å². The largest absolute Gasteiger partial charge is 0.317 e. The first-order valence-electron chi connectivity index (χ1n) is 7.23. The van der Waals surface area contributed by atoms with Gasteiger partial charge in [-0.3, -0.25) is 14.4 Å². The number of imidazole rings is 1. The van der Waals surface area contributed by atoms with Gasteiger partial charge in [0.15, 0.2) is 0 Å². The molecular weight excluding hydrogens is 264 g/mol. The molecule has 1 aliphatic heterocycles. The van der Waals surface area contributed by atoms with Gasteiger partial charge in [-0.05, 0) is 32.0 Å². The van der Waals surface area contributed by atoms with Crippen molar-refractivity contribution in [1.29, 1.82) is 0 Å². The smallest absolute Gasteiger partial charge is 0.234 e. The van der Waals surface area contributed by atoms with E-state index in [2.05, 4.69) is 25.3 Å². The second-order valence-corrected chi connectivity index (χ2v) is 5.25. The molecule has 6 heteroatoms. The number of piperidine rings is 1. The second kappa shape index (κ2) is 5.21. The predicted octanol–water partition coefficient (Wildman–Crippen LogP) is 1.65. The highest BCUT2D eigenvalue weighted by Gasteiger charge is 2.22. The Morgan fingerprint density at radius 3 is 2.76 bits per heavy atom. The van der Waals surface area contributed by atoms with Crippen LogP contribution in [0, 0.1) is 0 Å². The maximum Gasteiger partial charge on any atom is 0.234 e. The van der Waals surface area contributed by atoms with Crippen molar-refractivity contribution in [2.45, 2.75) is 18.8 Å². The Balaban J connectivity index is 1.84. The SMILES string of the molecule is c1cnc2ncc(-c3nccnc3C3CCNCC3)n2c1. The Morgan fingerprint density at radius 1 is 1.00 bits per heavy atom. The Morgan fingerprint density at radius 2 is 1.86 bits per heavy atom. The van der Waals surface area contributed by atoms with Gasteiger partial charge in [0.2, 0.25) is 5.78 Å². The molecule has 1 aliphatic rings. The van der Waals surface area contributed by atoms with Gasteiger partial charge in [0.25, 0.3) is 0 Å². The summed E-state index contributed by atoms with van der Waals surface area (Å²) >= 11 is 0. The van der Waals surface area contributed by atoms with Crippen LogP contribution < -0.4 is 5.32 Å². The van der Waals surface area contributed by atoms with Crippen molar-refractivity contribution in [3.8, 4) is 11.4 Å². The lowest BCUT2D eigenvalue weighted by Gasteiger charge is -2.23. The van der Waals surface area contributed by atoms with Gasteiger partial charge in [-0.1, -0.05) is 0 Å². The molecule has 0 aliphatic carbocycles. The van der Waals surface area contributed by atoms with Gasteiger partial charge >= 0.3 is 0 Å². The molecule has 6 nitrogen and oxygen atoms in total. The molecule has 3 aromatic rings. The van der Waals surface area contributed by atoms with Crippen LogP contribution in [0.15, 0.2) is 37.1 Å². The summed E-state index contributed by atoms with van der Waals surface area (Å²) in [6.07, 6.45) is 11.3. The first kappa shape index (κ1) is 12.4. The van der Waals surface area contributed by atoms with E-state index in [1.54, 1.807) is 18.6 Å². The molecule has 4 heterocycles. The molecule has 21 heavy (non-hydrogen) atoms. The molecule has 1 N–H and O–H groups in total. The molecule has 0 unspecified atom stereocenters. The number of hydrogen-bond acceptors (Lipinski definition) is 5. The van der Waals surface area contributed by atoms with Crippen LogP contribution in [0.2, 0.25) is 0 Å². The van der Waals surface area contributed by atoms with Crippen LogP contribution in [0.3, 0.4) is 0 Å². The van der Waals surface area contributed by atoms with E-state index in [9.17, 15) is 0 Å². The summed E-state index contributed by atoms with van der Waals surface area (Å²) in [5.74, 6) is 1.14. The first-order valence-corrected chi connectivity index (χ1v) is 7.23. The molecule has 0 amide bonds. The standard InChI is InChI=1S/C15H16N6/c1-4-19-15-20-10-12(21(15)9-1)14-13(17-7-8-18-14)11-2-5-16-6-3-11/h1,4,7-11,16H,2-3,5-6H2. The summed E-state index contributed by atoms with van der Waals surface area (Å²) in [6, 6.07) is 1.90. The number of nitrogens with one attached hydrogen (secondary N) is 1. The van der Waals surface area contributed by atoms with E-state index in [-0.39, 0.29) is 0 Å². The summed E-state index contributed by atoms with van der Waals surface area (Å²) in [4.78, 5) is 17.8. The van der Waals surface area contributed by atoms with Gasteiger partial charge in [0, 0.05) is 30.7 Å². The van der Waals surface area contributed by atoms with Gasteiger partial charge in [0.1, 0.15) is 5.69 Å². The molecule has 106 valence electrons. The molecule has 1 fully saturated rings. The van der Waals surface area contributed by atoms with Crippen LogP contribution in [0.1, 0.15) is 24.5 Å². The van der Waals surface area contributed by atoms with E-state index in [0.29, 0.717) is 11.7 Å². The minimum atomic E-state index is 0.456. The van der Waals surface area contributed by atoms with E-state index < -0.39 is 0 Å². The highest BCUT2D eigenvalue weighted by Crippen LogP contribution is 2.30. The highest BCUT2D eigenvalue weighted by molar-refractivity contribution is 5.61. The molecule has 0 spiro atoms. The van der Waals surface area contributed by atoms with Crippen molar-refractivity contribution in [2.24, 2.45) is 0 Å². The van der Waals surface area contributed by atoms with Crippen LogP contribution >= 0.6 is 0 Å². The summed E-state index contributed by atoms with van der Waals surface area (Å²) in [5, 5.41) is 3.39. The molecule has 0 bridgehead atoms. The lowest BCUT2D eigenvalue weighted by Crippen LogP contribution is -2.27. The average molecular weight is 280 g/mol. The molecule has 0 atom stereocenters. The summed E-state index contributed by atoms with van der Waals surface area (Å²) < 4.78 is 1.97. The highest BCUT2D eigenvalue weighted by atomic mass is 15.1. The molecule has 1 saturated heterocycles. The van der Waals surface area contributed by atoms with Gasteiger partial charge in [0.05, 0.1) is 17.6 Å². The Hall–Kier alpha value is -2.34. The van der Waals surface area contributed by atoms with Crippen LogP contribution in [-0.2, 0) is 0 Å². The fourth-order valence-electron chi connectivity index (χ4n) is 2.94.